The number of ketones is 1. The number of carbonyl (C=O) groups excluding carboxylic acids is 1. The second kappa shape index (κ2) is 6.02. The predicted octanol–water partition coefficient (Wildman–Crippen LogP) is 4.90. The van der Waals surface area contributed by atoms with Crippen LogP contribution in [0.4, 0.5) is 0 Å². The van der Waals surface area contributed by atoms with Gasteiger partial charge in [0.1, 0.15) is 5.75 Å². The number of benzene rings is 2. The van der Waals surface area contributed by atoms with Gasteiger partial charge in [0.15, 0.2) is 5.78 Å². The van der Waals surface area contributed by atoms with Crippen molar-refractivity contribution in [2.24, 2.45) is 0 Å². The quantitative estimate of drug-likeness (QED) is 0.740. The highest BCUT2D eigenvalue weighted by Gasteiger charge is 2.24. The van der Waals surface area contributed by atoms with E-state index in [4.69, 9.17) is 4.74 Å². The average Bonchev–Trinajstić information content (AvgIpc) is 2.46. The van der Waals surface area contributed by atoms with Crippen LogP contribution in [0.15, 0.2) is 46.9 Å². The van der Waals surface area contributed by atoms with Gasteiger partial charge in [-0.25, -0.2) is 0 Å². The molecule has 1 heterocycles. The van der Waals surface area contributed by atoms with Crippen molar-refractivity contribution in [3.63, 3.8) is 0 Å². The summed E-state index contributed by atoms with van der Waals surface area (Å²) in [6, 6.07) is 13.9. The van der Waals surface area contributed by atoms with Gasteiger partial charge in [0.05, 0.1) is 6.61 Å². The Bertz CT molecular complexity index is 658. The van der Waals surface area contributed by atoms with E-state index in [9.17, 15) is 4.79 Å². The van der Waals surface area contributed by atoms with Crippen molar-refractivity contribution in [2.75, 3.05) is 6.61 Å². The van der Waals surface area contributed by atoms with Crippen LogP contribution in [0, 0.1) is 6.92 Å². The molecule has 0 aromatic heterocycles. The van der Waals surface area contributed by atoms with Gasteiger partial charge >= 0.3 is 0 Å². The molecule has 21 heavy (non-hydrogen) atoms. The summed E-state index contributed by atoms with van der Waals surface area (Å²) < 4.78 is 6.62. The molecule has 1 aliphatic rings. The second-order valence-electron chi connectivity index (χ2n) is 5.52. The van der Waals surface area contributed by atoms with Crippen molar-refractivity contribution >= 4 is 21.7 Å². The van der Waals surface area contributed by atoms with E-state index in [1.807, 2.05) is 43.3 Å². The van der Waals surface area contributed by atoms with Crippen LogP contribution in [-0.2, 0) is 0 Å². The highest BCUT2D eigenvalue weighted by Crippen LogP contribution is 2.36. The molecule has 2 aromatic carbocycles. The van der Waals surface area contributed by atoms with Crippen molar-refractivity contribution in [2.45, 2.75) is 25.7 Å². The molecule has 0 N–H and O–H groups in total. The Hall–Kier alpha value is -1.61. The SMILES string of the molecule is Cc1cc(Br)cc(C(=O)CC2CCOc3ccccc32)c1. The Morgan fingerprint density at radius 3 is 2.90 bits per heavy atom. The van der Waals surface area contributed by atoms with Crippen LogP contribution >= 0.6 is 15.9 Å². The number of fused-ring (bicyclic) bond motifs is 1. The molecule has 0 bridgehead atoms. The highest BCUT2D eigenvalue weighted by atomic mass is 79.9. The Morgan fingerprint density at radius 1 is 1.29 bits per heavy atom. The topological polar surface area (TPSA) is 26.3 Å². The number of Topliss-reactive ketones (excluding diaryl/α,β-unsaturated/α-hetero) is 1. The van der Waals surface area contributed by atoms with Crippen molar-refractivity contribution in [3.05, 3.63) is 63.6 Å². The van der Waals surface area contributed by atoms with Gasteiger partial charge in [-0.3, -0.25) is 4.79 Å². The molecule has 0 radical (unpaired) electrons. The number of rotatable bonds is 3. The molecular formula is C18H17BrO2. The van der Waals surface area contributed by atoms with Crippen molar-refractivity contribution < 1.29 is 9.53 Å². The Labute approximate surface area is 133 Å². The van der Waals surface area contributed by atoms with Gasteiger partial charge in [-0.2, -0.15) is 0 Å². The third-order valence-electron chi connectivity index (χ3n) is 3.88. The summed E-state index contributed by atoms with van der Waals surface area (Å²) in [5, 5.41) is 0. The molecule has 0 saturated carbocycles. The summed E-state index contributed by atoms with van der Waals surface area (Å²) in [4.78, 5) is 12.6. The average molecular weight is 345 g/mol. The van der Waals surface area contributed by atoms with Gasteiger partial charge in [-0.1, -0.05) is 34.1 Å². The van der Waals surface area contributed by atoms with Crippen LogP contribution < -0.4 is 4.74 Å². The Balaban J connectivity index is 1.82. The third kappa shape index (κ3) is 3.18. The first-order valence-corrected chi connectivity index (χ1v) is 7.95. The molecule has 0 amide bonds. The highest BCUT2D eigenvalue weighted by molar-refractivity contribution is 9.10. The van der Waals surface area contributed by atoms with Gasteiger partial charge in [0.25, 0.3) is 0 Å². The molecule has 108 valence electrons. The van der Waals surface area contributed by atoms with E-state index in [-0.39, 0.29) is 11.7 Å². The first kappa shape index (κ1) is 14.3. The van der Waals surface area contributed by atoms with E-state index < -0.39 is 0 Å². The molecule has 2 aromatic rings. The molecular weight excluding hydrogens is 328 g/mol. The van der Waals surface area contributed by atoms with Crippen molar-refractivity contribution in [3.8, 4) is 5.75 Å². The van der Waals surface area contributed by atoms with E-state index >= 15 is 0 Å². The van der Waals surface area contributed by atoms with Gasteiger partial charge in [-0.05, 0) is 54.7 Å². The third-order valence-corrected chi connectivity index (χ3v) is 4.34. The standard InChI is InChI=1S/C18H17BrO2/c1-12-8-14(10-15(19)9-12)17(20)11-13-6-7-21-18-5-3-2-4-16(13)18/h2-5,8-10,13H,6-7,11H2,1H3. The molecule has 1 aliphatic heterocycles. The van der Waals surface area contributed by atoms with Crippen LogP contribution in [0.3, 0.4) is 0 Å². The van der Waals surface area contributed by atoms with E-state index in [2.05, 4.69) is 22.0 Å². The Morgan fingerprint density at radius 2 is 2.10 bits per heavy atom. The first-order valence-electron chi connectivity index (χ1n) is 7.15. The monoisotopic (exact) mass is 344 g/mol. The minimum absolute atomic E-state index is 0.195. The zero-order chi connectivity index (χ0) is 14.8. The maximum Gasteiger partial charge on any atom is 0.163 e. The molecule has 0 spiro atoms. The summed E-state index contributed by atoms with van der Waals surface area (Å²) in [7, 11) is 0. The second-order valence-corrected chi connectivity index (χ2v) is 6.43. The van der Waals surface area contributed by atoms with Crippen LogP contribution in [0.5, 0.6) is 5.75 Å². The summed E-state index contributed by atoms with van der Waals surface area (Å²) in [5.41, 5.74) is 3.04. The summed E-state index contributed by atoms with van der Waals surface area (Å²) >= 11 is 3.46. The van der Waals surface area contributed by atoms with E-state index in [1.54, 1.807) is 0 Å². The van der Waals surface area contributed by atoms with Gasteiger partial charge in [-0.15, -0.1) is 0 Å². The van der Waals surface area contributed by atoms with Gasteiger partial charge < -0.3 is 4.74 Å². The lowest BCUT2D eigenvalue weighted by molar-refractivity contribution is 0.0965. The molecule has 1 atom stereocenters. The fourth-order valence-corrected chi connectivity index (χ4v) is 3.47. The Kier molecular flexibility index (Phi) is 4.11. The molecule has 2 nitrogen and oxygen atoms in total. The van der Waals surface area contributed by atoms with Crippen molar-refractivity contribution in [1.82, 2.24) is 0 Å². The van der Waals surface area contributed by atoms with Gasteiger partial charge in [0, 0.05) is 16.5 Å². The fraction of sp³-hybridized carbons (Fsp3) is 0.278. The molecule has 3 rings (SSSR count). The number of carbonyl (C=O) groups is 1. The zero-order valence-electron chi connectivity index (χ0n) is 11.9. The minimum atomic E-state index is 0.195. The summed E-state index contributed by atoms with van der Waals surface area (Å²) in [6.45, 7) is 2.69. The summed E-state index contributed by atoms with van der Waals surface area (Å²) in [5.74, 6) is 1.37. The van der Waals surface area contributed by atoms with E-state index in [0.717, 1.165) is 33.3 Å². The maximum atomic E-state index is 12.6. The van der Waals surface area contributed by atoms with Crippen LogP contribution in [0.2, 0.25) is 0 Å². The smallest absolute Gasteiger partial charge is 0.163 e. The number of hydrogen-bond acceptors (Lipinski definition) is 2. The number of ether oxygens (including phenoxy) is 1. The number of hydrogen-bond donors (Lipinski definition) is 0. The van der Waals surface area contributed by atoms with Crippen molar-refractivity contribution in [1.29, 1.82) is 0 Å². The van der Waals surface area contributed by atoms with Crippen LogP contribution in [-0.4, -0.2) is 12.4 Å². The molecule has 0 saturated heterocycles. The fourth-order valence-electron chi connectivity index (χ4n) is 2.87. The maximum absolute atomic E-state index is 12.6. The lowest BCUT2D eigenvalue weighted by Gasteiger charge is -2.25. The van der Waals surface area contributed by atoms with E-state index in [1.165, 1.54) is 0 Å². The molecule has 1 unspecified atom stereocenters. The lowest BCUT2D eigenvalue weighted by Crippen LogP contribution is -2.17. The van der Waals surface area contributed by atoms with Crippen LogP contribution in [0.25, 0.3) is 0 Å². The van der Waals surface area contributed by atoms with Gasteiger partial charge in [0.2, 0.25) is 0 Å². The molecule has 3 heteroatoms. The number of para-hydroxylation sites is 1. The number of halogens is 1. The molecule has 0 aliphatic carbocycles. The normalized spacial score (nSPS) is 17.0. The largest absolute Gasteiger partial charge is 0.493 e. The molecule has 0 fully saturated rings. The zero-order valence-corrected chi connectivity index (χ0v) is 13.5. The minimum Gasteiger partial charge on any atom is -0.493 e. The summed E-state index contributed by atoms with van der Waals surface area (Å²) in [6.07, 6.45) is 1.44. The predicted molar refractivity (Wildman–Crippen MR) is 87.1 cm³/mol. The lowest BCUT2D eigenvalue weighted by atomic mass is 9.87. The first-order chi connectivity index (χ1) is 10.1. The van der Waals surface area contributed by atoms with Crippen LogP contribution in [0.1, 0.15) is 40.2 Å². The number of aryl methyl sites for hydroxylation is 1. The van der Waals surface area contributed by atoms with E-state index in [0.29, 0.717) is 13.0 Å².